The standard InChI is InChI=1S/C16H18N2O4/c1-9-18-7-13(16(20)21)15(19)12-6-10(3-2-4-17)5-11(8-22-9)14(12)18/h5-7,9H,2-4,8,17H2,1H3,(H,20,21). The van der Waals surface area contributed by atoms with Gasteiger partial charge in [-0.3, -0.25) is 4.79 Å². The summed E-state index contributed by atoms with van der Waals surface area (Å²) < 4.78 is 7.40. The van der Waals surface area contributed by atoms with Crippen LogP contribution in [0, 0.1) is 0 Å². The molecule has 0 radical (unpaired) electrons. The largest absolute Gasteiger partial charge is 0.477 e. The second-order valence-corrected chi connectivity index (χ2v) is 5.54. The normalized spacial score (nSPS) is 16.9. The van der Waals surface area contributed by atoms with Crippen molar-refractivity contribution in [2.24, 2.45) is 5.73 Å². The van der Waals surface area contributed by atoms with Crippen LogP contribution in [0.5, 0.6) is 0 Å². The summed E-state index contributed by atoms with van der Waals surface area (Å²) in [7, 11) is 0. The monoisotopic (exact) mass is 302 g/mol. The topological polar surface area (TPSA) is 94.6 Å². The van der Waals surface area contributed by atoms with E-state index >= 15 is 0 Å². The van der Waals surface area contributed by atoms with E-state index in [1.165, 1.54) is 6.20 Å². The van der Waals surface area contributed by atoms with E-state index in [9.17, 15) is 14.7 Å². The first-order valence-corrected chi connectivity index (χ1v) is 7.28. The maximum absolute atomic E-state index is 12.5. The van der Waals surface area contributed by atoms with Crippen LogP contribution in [0.25, 0.3) is 10.9 Å². The van der Waals surface area contributed by atoms with Crippen LogP contribution in [0.4, 0.5) is 0 Å². The summed E-state index contributed by atoms with van der Waals surface area (Å²) in [6, 6.07) is 3.80. The van der Waals surface area contributed by atoms with Crippen LogP contribution in [0.3, 0.4) is 0 Å². The number of carboxylic acids is 1. The number of hydrogen-bond acceptors (Lipinski definition) is 4. The molecule has 1 atom stereocenters. The van der Waals surface area contributed by atoms with E-state index < -0.39 is 11.4 Å². The van der Waals surface area contributed by atoms with Crippen molar-refractivity contribution in [3.63, 3.8) is 0 Å². The third kappa shape index (κ3) is 2.30. The SMILES string of the molecule is CC1OCc2cc(CCCN)cc3c(=O)c(C(=O)O)cn1c23. The highest BCUT2D eigenvalue weighted by Crippen LogP contribution is 2.29. The second-order valence-electron chi connectivity index (χ2n) is 5.54. The predicted molar refractivity (Wildman–Crippen MR) is 82.0 cm³/mol. The Labute approximate surface area is 127 Å². The molecule has 0 spiro atoms. The number of rotatable bonds is 4. The lowest BCUT2D eigenvalue weighted by Gasteiger charge is -2.27. The van der Waals surface area contributed by atoms with Gasteiger partial charge in [0.15, 0.2) is 0 Å². The highest BCUT2D eigenvalue weighted by atomic mass is 16.5. The Morgan fingerprint density at radius 1 is 1.50 bits per heavy atom. The summed E-state index contributed by atoms with van der Waals surface area (Å²) in [4.78, 5) is 23.8. The number of carboxylic acid groups (broad SMARTS) is 1. The molecule has 1 aliphatic rings. The van der Waals surface area contributed by atoms with Gasteiger partial charge in [0, 0.05) is 17.1 Å². The number of aryl methyl sites for hydroxylation is 1. The lowest BCUT2D eigenvalue weighted by atomic mass is 9.99. The lowest BCUT2D eigenvalue weighted by Crippen LogP contribution is -2.25. The molecule has 6 nitrogen and oxygen atoms in total. The van der Waals surface area contributed by atoms with Crippen molar-refractivity contribution in [2.45, 2.75) is 32.6 Å². The number of nitrogens with two attached hydrogens (primary N) is 1. The molecule has 0 bridgehead atoms. The summed E-state index contributed by atoms with van der Waals surface area (Å²) in [6.45, 7) is 2.82. The minimum Gasteiger partial charge on any atom is -0.477 e. The minimum atomic E-state index is -1.22. The molecule has 3 N–H and O–H groups in total. The fourth-order valence-electron chi connectivity index (χ4n) is 2.94. The Hall–Kier alpha value is -2.18. The van der Waals surface area contributed by atoms with E-state index in [0.717, 1.165) is 29.5 Å². The summed E-state index contributed by atoms with van der Waals surface area (Å²) >= 11 is 0. The lowest BCUT2D eigenvalue weighted by molar-refractivity contribution is -0.00193. The zero-order valence-electron chi connectivity index (χ0n) is 12.3. The highest BCUT2D eigenvalue weighted by molar-refractivity contribution is 5.93. The van der Waals surface area contributed by atoms with Crippen molar-refractivity contribution in [2.75, 3.05) is 6.54 Å². The quantitative estimate of drug-likeness (QED) is 0.895. The molecule has 1 aromatic carbocycles. The maximum Gasteiger partial charge on any atom is 0.341 e. The highest BCUT2D eigenvalue weighted by Gasteiger charge is 2.23. The molecule has 2 heterocycles. The van der Waals surface area contributed by atoms with E-state index in [0.29, 0.717) is 18.5 Å². The van der Waals surface area contributed by atoms with Gasteiger partial charge >= 0.3 is 5.97 Å². The van der Waals surface area contributed by atoms with Gasteiger partial charge in [-0.1, -0.05) is 6.07 Å². The van der Waals surface area contributed by atoms with Gasteiger partial charge in [0.2, 0.25) is 5.43 Å². The van der Waals surface area contributed by atoms with Gasteiger partial charge < -0.3 is 20.1 Å². The zero-order valence-corrected chi connectivity index (χ0v) is 12.3. The average Bonchev–Trinajstić information content (AvgIpc) is 2.50. The molecule has 1 unspecified atom stereocenters. The molecule has 0 saturated carbocycles. The number of benzene rings is 1. The summed E-state index contributed by atoms with van der Waals surface area (Å²) in [5.74, 6) is -1.22. The number of aromatic carboxylic acids is 1. The molecule has 1 aliphatic heterocycles. The molecule has 116 valence electrons. The number of ether oxygens (including phenoxy) is 1. The van der Waals surface area contributed by atoms with Crippen LogP contribution in [-0.2, 0) is 17.8 Å². The predicted octanol–water partition coefficient (Wildman–Crippen LogP) is 1.64. The molecule has 22 heavy (non-hydrogen) atoms. The van der Waals surface area contributed by atoms with Crippen LogP contribution < -0.4 is 11.2 Å². The van der Waals surface area contributed by atoms with Crippen molar-refractivity contribution in [1.29, 1.82) is 0 Å². The Bertz CT molecular complexity index is 810. The summed E-state index contributed by atoms with van der Waals surface area (Å²) in [5.41, 5.74) is 7.53. The Morgan fingerprint density at radius 3 is 2.95 bits per heavy atom. The zero-order chi connectivity index (χ0) is 15.9. The van der Waals surface area contributed by atoms with Gasteiger partial charge in [-0.25, -0.2) is 4.79 Å². The molecule has 1 aromatic heterocycles. The number of carbonyl (C=O) groups is 1. The number of nitrogens with zero attached hydrogens (tertiary/aromatic N) is 1. The molecule has 0 aliphatic carbocycles. The molecular weight excluding hydrogens is 284 g/mol. The van der Waals surface area contributed by atoms with Crippen molar-refractivity contribution in [3.05, 3.63) is 45.2 Å². The molecule has 0 amide bonds. The van der Waals surface area contributed by atoms with Gasteiger partial charge in [-0.05, 0) is 37.9 Å². The summed E-state index contributed by atoms with van der Waals surface area (Å²) in [5, 5.41) is 9.70. The van der Waals surface area contributed by atoms with Crippen LogP contribution in [-0.4, -0.2) is 22.2 Å². The van der Waals surface area contributed by atoms with Crippen molar-refractivity contribution < 1.29 is 14.6 Å². The minimum absolute atomic E-state index is 0.230. The third-order valence-electron chi connectivity index (χ3n) is 4.04. The van der Waals surface area contributed by atoms with E-state index in [-0.39, 0.29) is 11.8 Å². The van der Waals surface area contributed by atoms with Crippen LogP contribution in [0.15, 0.2) is 23.1 Å². The fraction of sp³-hybridized carbons (Fsp3) is 0.375. The smallest absolute Gasteiger partial charge is 0.341 e. The average molecular weight is 302 g/mol. The van der Waals surface area contributed by atoms with E-state index in [1.54, 1.807) is 10.6 Å². The Kier molecular flexibility index (Phi) is 3.72. The third-order valence-corrected chi connectivity index (χ3v) is 4.04. The molecular formula is C16H18N2O4. The first-order valence-electron chi connectivity index (χ1n) is 7.28. The first kappa shape index (κ1) is 14.7. The Morgan fingerprint density at radius 2 is 2.27 bits per heavy atom. The maximum atomic E-state index is 12.5. The van der Waals surface area contributed by atoms with Gasteiger partial charge in [-0.15, -0.1) is 0 Å². The van der Waals surface area contributed by atoms with Crippen LogP contribution in [0.2, 0.25) is 0 Å². The number of hydrogen-bond donors (Lipinski definition) is 2. The van der Waals surface area contributed by atoms with Crippen molar-refractivity contribution in [3.8, 4) is 0 Å². The van der Waals surface area contributed by atoms with E-state index in [4.69, 9.17) is 10.5 Å². The molecule has 6 heteroatoms. The number of aromatic nitrogens is 1. The van der Waals surface area contributed by atoms with E-state index in [2.05, 4.69) is 0 Å². The van der Waals surface area contributed by atoms with E-state index in [1.807, 2.05) is 13.0 Å². The van der Waals surface area contributed by atoms with Crippen molar-refractivity contribution >= 4 is 16.9 Å². The summed E-state index contributed by atoms with van der Waals surface area (Å²) in [6.07, 6.45) is 2.64. The van der Waals surface area contributed by atoms with Crippen LogP contribution >= 0.6 is 0 Å². The van der Waals surface area contributed by atoms with Gasteiger partial charge in [0.1, 0.15) is 11.8 Å². The van der Waals surface area contributed by atoms with Gasteiger partial charge in [0.05, 0.1) is 12.1 Å². The van der Waals surface area contributed by atoms with Gasteiger partial charge in [0.25, 0.3) is 0 Å². The number of pyridine rings is 1. The molecule has 2 aromatic rings. The molecule has 3 rings (SSSR count). The first-order chi connectivity index (χ1) is 10.5. The van der Waals surface area contributed by atoms with Crippen LogP contribution in [0.1, 0.15) is 41.1 Å². The molecule has 0 fully saturated rings. The fourth-order valence-corrected chi connectivity index (χ4v) is 2.94. The van der Waals surface area contributed by atoms with Crippen molar-refractivity contribution in [1.82, 2.24) is 4.57 Å². The Balaban J connectivity index is 2.33. The van der Waals surface area contributed by atoms with Gasteiger partial charge in [-0.2, -0.15) is 0 Å². The molecule has 0 saturated heterocycles. The second kappa shape index (κ2) is 5.55.